The molecular formula is C8H11F3N2O. The number of hydrogen-bond donors (Lipinski definition) is 1. The Balaban J connectivity index is 1.93. The van der Waals surface area contributed by atoms with Crippen LogP contribution in [-0.2, 0) is 4.79 Å². The van der Waals surface area contributed by atoms with Gasteiger partial charge in [-0.2, -0.15) is 13.2 Å². The fraction of sp³-hybridized carbons (Fsp3) is 0.875. The summed E-state index contributed by atoms with van der Waals surface area (Å²) in [6, 6.07) is -0.0211. The van der Waals surface area contributed by atoms with Crippen LogP contribution in [0.3, 0.4) is 0 Å². The Morgan fingerprint density at radius 2 is 1.93 bits per heavy atom. The van der Waals surface area contributed by atoms with Crippen molar-refractivity contribution in [1.29, 1.82) is 0 Å². The molecule has 0 aromatic heterocycles. The lowest BCUT2D eigenvalue weighted by Gasteiger charge is -2.53. The van der Waals surface area contributed by atoms with Crippen molar-refractivity contribution in [2.75, 3.05) is 13.1 Å². The number of piperidine rings is 1. The van der Waals surface area contributed by atoms with Gasteiger partial charge in [-0.3, -0.25) is 4.79 Å². The predicted molar refractivity (Wildman–Crippen MR) is 42.6 cm³/mol. The minimum Gasteiger partial charge on any atom is -0.334 e. The highest BCUT2D eigenvalue weighted by Crippen LogP contribution is 2.31. The highest BCUT2D eigenvalue weighted by atomic mass is 19.4. The molecule has 0 aromatic rings. The number of piperazine rings is 1. The zero-order valence-corrected chi connectivity index (χ0v) is 7.47. The number of carbonyl (C=O) groups excluding carboxylic acids is 1. The number of alkyl halides is 3. The molecule has 0 spiro atoms. The van der Waals surface area contributed by atoms with Gasteiger partial charge in [-0.05, 0) is 6.42 Å². The largest absolute Gasteiger partial charge is 0.397 e. The summed E-state index contributed by atoms with van der Waals surface area (Å²) in [7, 11) is 0. The van der Waals surface area contributed by atoms with E-state index in [0.29, 0.717) is 13.1 Å². The first-order valence-electron chi connectivity index (χ1n) is 4.56. The van der Waals surface area contributed by atoms with Crippen molar-refractivity contribution in [3.63, 3.8) is 0 Å². The van der Waals surface area contributed by atoms with E-state index in [1.54, 1.807) is 0 Å². The molecule has 3 heterocycles. The van der Waals surface area contributed by atoms with Crippen molar-refractivity contribution < 1.29 is 18.0 Å². The van der Waals surface area contributed by atoms with Crippen LogP contribution in [-0.4, -0.2) is 42.2 Å². The Kier molecular flexibility index (Phi) is 2.17. The van der Waals surface area contributed by atoms with Crippen LogP contribution in [0.25, 0.3) is 0 Å². The van der Waals surface area contributed by atoms with E-state index in [1.807, 2.05) is 0 Å². The molecule has 3 fully saturated rings. The number of amides is 1. The minimum absolute atomic E-state index is 0.0106. The SMILES string of the molecule is O=C(CC(F)(F)F)N1C2CNCC1C2. The summed E-state index contributed by atoms with van der Waals surface area (Å²) in [5, 5.41) is 3.06. The Bertz CT molecular complexity index is 239. The third kappa shape index (κ3) is 1.70. The second kappa shape index (κ2) is 3.12. The second-order valence-electron chi connectivity index (χ2n) is 3.79. The van der Waals surface area contributed by atoms with Gasteiger partial charge in [0.1, 0.15) is 6.42 Å². The zero-order chi connectivity index (χ0) is 10.3. The monoisotopic (exact) mass is 208 g/mol. The van der Waals surface area contributed by atoms with Gasteiger partial charge in [0.15, 0.2) is 0 Å². The molecule has 3 saturated heterocycles. The van der Waals surface area contributed by atoms with Crippen molar-refractivity contribution in [2.45, 2.75) is 31.1 Å². The smallest absolute Gasteiger partial charge is 0.334 e. The summed E-state index contributed by atoms with van der Waals surface area (Å²) in [5.74, 6) is -0.778. The second-order valence-corrected chi connectivity index (χ2v) is 3.79. The molecule has 0 aromatic carbocycles. The van der Waals surface area contributed by atoms with Gasteiger partial charge in [-0.15, -0.1) is 0 Å². The number of nitrogens with zero attached hydrogens (tertiary/aromatic N) is 1. The first-order chi connectivity index (χ1) is 6.47. The number of rotatable bonds is 1. The highest BCUT2D eigenvalue weighted by Gasteiger charge is 2.46. The molecule has 3 aliphatic heterocycles. The molecule has 3 aliphatic rings. The number of hydrogen-bond acceptors (Lipinski definition) is 2. The fourth-order valence-corrected chi connectivity index (χ4v) is 2.15. The van der Waals surface area contributed by atoms with Crippen molar-refractivity contribution in [1.82, 2.24) is 10.2 Å². The predicted octanol–water partition coefficient (Wildman–Crippen LogP) is 0.512. The maximum Gasteiger partial charge on any atom is 0.397 e. The quantitative estimate of drug-likeness (QED) is 0.681. The van der Waals surface area contributed by atoms with E-state index in [4.69, 9.17) is 0 Å². The molecule has 3 rings (SSSR count). The van der Waals surface area contributed by atoms with E-state index in [1.165, 1.54) is 4.90 Å². The molecule has 0 saturated carbocycles. The van der Waals surface area contributed by atoms with Crippen molar-refractivity contribution >= 4 is 5.91 Å². The molecular weight excluding hydrogens is 197 g/mol. The Labute approximate surface area is 79.3 Å². The van der Waals surface area contributed by atoms with Crippen LogP contribution in [0.2, 0.25) is 0 Å². The maximum atomic E-state index is 11.9. The molecule has 2 bridgehead atoms. The molecule has 2 unspecified atom stereocenters. The van der Waals surface area contributed by atoms with Crippen LogP contribution >= 0.6 is 0 Å². The summed E-state index contributed by atoms with van der Waals surface area (Å²) in [6.45, 7) is 1.25. The lowest BCUT2D eigenvalue weighted by Crippen LogP contribution is -2.69. The van der Waals surface area contributed by atoms with Gasteiger partial charge in [0.05, 0.1) is 0 Å². The molecule has 3 nitrogen and oxygen atoms in total. The van der Waals surface area contributed by atoms with Crippen molar-refractivity contribution in [3.8, 4) is 0 Å². The summed E-state index contributed by atoms with van der Waals surface area (Å²) < 4.78 is 35.8. The summed E-state index contributed by atoms with van der Waals surface area (Å²) in [5.41, 5.74) is 0. The van der Waals surface area contributed by atoms with Crippen LogP contribution in [0.15, 0.2) is 0 Å². The van der Waals surface area contributed by atoms with E-state index in [9.17, 15) is 18.0 Å². The summed E-state index contributed by atoms with van der Waals surface area (Å²) in [4.78, 5) is 12.6. The molecule has 0 aliphatic carbocycles. The third-order valence-electron chi connectivity index (χ3n) is 2.73. The average Bonchev–Trinajstić information content (AvgIpc) is 2.01. The Morgan fingerprint density at radius 1 is 1.36 bits per heavy atom. The molecule has 6 heteroatoms. The molecule has 1 N–H and O–H groups in total. The average molecular weight is 208 g/mol. The van der Waals surface area contributed by atoms with Crippen LogP contribution < -0.4 is 5.32 Å². The molecule has 2 atom stereocenters. The standard InChI is InChI=1S/C8H11F3N2O/c9-8(10,11)2-7(14)13-5-1-6(13)4-12-3-5/h5-6,12H,1-4H2. The zero-order valence-electron chi connectivity index (χ0n) is 7.47. The minimum atomic E-state index is -4.38. The van der Waals surface area contributed by atoms with Crippen LogP contribution in [0.5, 0.6) is 0 Å². The highest BCUT2D eigenvalue weighted by molar-refractivity contribution is 5.78. The third-order valence-corrected chi connectivity index (χ3v) is 2.73. The van der Waals surface area contributed by atoms with Crippen LogP contribution in [0.1, 0.15) is 12.8 Å². The van der Waals surface area contributed by atoms with E-state index < -0.39 is 18.5 Å². The number of halogens is 3. The molecule has 80 valence electrons. The number of fused-ring (bicyclic) bond motifs is 2. The number of nitrogens with one attached hydrogen (secondary N) is 1. The first-order valence-corrected chi connectivity index (χ1v) is 4.56. The first kappa shape index (κ1) is 9.76. The van der Waals surface area contributed by atoms with Gasteiger partial charge in [-0.25, -0.2) is 0 Å². The summed E-state index contributed by atoms with van der Waals surface area (Å²) in [6.07, 6.45) is -4.86. The maximum absolute atomic E-state index is 11.9. The van der Waals surface area contributed by atoms with Crippen LogP contribution in [0, 0.1) is 0 Å². The van der Waals surface area contributed by atoms with Crippen molar-refractivity contribution in [2.24, 2.45) is 0 Å². The topological polar surface area (TPSA) is 32.3 Å². The lowest BCUT2D eigenvalue weighted by molar-refractivity contribution is -0.173. The molecule has 0 radical (unpaired) electrons. The fourth-order valence-electron chi connectivity index (χ4n) is 2.15. The van der Waals surface area contributed by atoms with Crippen molar-refractivity contribution in [3.05, 3.63) is 0 Å². The lowest BCUT2D eigenvalue weighted by atomic mass is 9.88. The Hall–Kier alpha value is -0.780. The van der Waals surface area contributed by atoms with Crippen LogP contribution in [0.4, 0.5) is 13.2 Å². The van der Waals surface area contributed by atoms with Gasteiger partial charge in [-0.1, -0.05) is 0 Å². The van der Waals surface area contributed by atoms with E-state index in [-0.39, 0.29) is 12.1 Å². The molecule has 14 heavy (non-hydrogen) atoms. The number of carbonyl (C=O) groups is 1. The van der Waals surface area contributed by atoms with Gasteiger partial charge >= 0.3 is 6.18 Å². The summed E-state index contributed by atoms with van der Waals surface area (Å²) >= 11 is 0. The van der Waals surface area contributed by atoms with Gasteiger partial charge < -0.3 is 10.2 Å². The normalized spacial score (nSPS) is 31.2. The van der Waals surface area contributed by atoms with E-state index >= 15 is 0 Å². The molecule has 1 amide bonds. The van der Waals surface area contributed by atoms with E-state index in [0.717, 1.165) is 6.42 Å². The van der Waals surface area contributed by atoms with E-state index in [2.05, 4.69) is 5.32 Å². The van der Waals surface area contributed by atoms with Gasteiger partial charge in [0.25, 0.3) is 0 Å². The van der Waals surface area contributed by atoms with Gasteiger partial charge in [0, 0.05) is 25.2 Å². The van der Waals surface area contributed by atoms with Gasteiger partial charge in [0.2, 0.25) is 5.91 Å². The Morgan fingerprint density at radius 3 is 2.36 bits per heavy atom.